The third kappa shape index (κ3) is 5.26. The Kier molecular flexibility index (Phi) is 8.54. The molecule has 1 rings (SSSR count). The van der Waals surface area contributed by atoms with Crippen molar-refractivity contribution < 1.29 is 14.3 Å². The zero-order valence-electron chi connectivity index (χ0n) is 11.1. The van der Waals surface area contributed by atoms with Gasteiger partial charge in [0.15, 0.2) is 11.5 Å². The van der Waals surface area contributed by atoms with Gasteiger partial charge in [0, 0.05) is 29.6 Å². The van der Waals surface area contributed by atoms with Gasteiger partial charge in [-0.15, -0.1) is 12.4 Å². The van der Waals surface area contributed by atoms with Crippen LogP contribution in [-0.2, 0) is 4.79 Å². The normalized spacial score (nSPS) is 9.47. The summed E-state index contributed by atoms with van der Waals surface area (Å²) < 4.78 is 11.1. The molecule has 5 nitrogen and oxygen atoms in total. The zero-order chi connectivity index (χ0) is 13.5. The summed E-state index contributed by atoms with van der Waals surface area (Å²) in [7, 11) is 4.92. The number of hydrogen-bond acceptors (Lipinski definition) is 4. The highest BCUT2D eigenvalue weighted by molar-refractivity contribution is 9.10. The molecule has 0 atom stereocenters. The van der Waals surface area contributed by atoms with Crippen molar-refractivity contribution in [2.75, 3.05) is 33.1 Å². The van der Waals surface area contributed by atoms with Gasteiger partial charge < -0.3 is 20.1 Å². The first-order chi connectivity index (χ1) is 8.62. The van der Waals surface area contributed by atoms with Crippen LogP contribution in [0.5, 0.6) is 11.5 Å². The van der Waals surface area contributed by atoms with E-state index in [9.17, 15) is 4.79 Å². The fourth-order valence-electron chi connectivity index (χ4n) is 1.40. The van der Waals surface area contributed by atoms with Gasteiger partial charge in [-0.3, -0.25) is 4.79 Å². The molecule has 0 aliphatic heterocycles. The summed E-state index contributed by atoms with van der Waals surface area (Å²) in [6.45, 7) is 0.636. The predicted molar refractivity (Wildman–Crippen MR) is 81.7 cm³/mol. The number of halogens is 2. The maximum atomic E-state index is 11.6. The van der Waals surface area contributed by atoms with Crippen molar-refractivity contribution in [3.8, 4) is 11.5 Å². The molecule has 0 aromatic heterocycles. The molecule has 19 heavy (non-hydrogen) atoms. The van der Waals surface area contributed by atoms with E-state index in [1.54, 1.807) is 33.4 Å². The van der Waals surface area contributed by atoms with Crippen LogP contribution in [0.15, 0.2) is 16.6 Å². The number of hydrogen-bond donors (Lipinski definition) is 2. The minimum Gasteiger partial charge on any atom is -0.493 e. The van der Waals surface area contributed by atoms with Crippen LogP contribution >= 0.6 is 28.3 Å². The lowest BCUT2D eigenvalue weighted by Gasteiger charge is -2.12. The molecule has 0 aliphatic carbocycles. The van der Waals surface area contributed by atoms with Crippen molar-refractivity contribution in [2.24, 2.45) is 0 Å². The Bertz CT molecular complexity index is 430. The van der Waals surface area contributed by atoms with Crippen LogP contribution in [0.25, 0.3) is 0 Å². The molecule has 0 saturated carbocycles. The molecular formula is C12H18BrClN2O3. The topological polar surface area (TPSA) is 59.6 Å². The third-order valence-corrected chi connectivity index (χ3v) is 3.01. The SMILES string of the molecule is CNCCC(=O)Nc1cc(OC)c(OC)cc1Br.Cl. The second-order valence-electron chi connectivity index (χ2n) is 3.59. The van der Waals surface area contributed by atoms with Gasteiger partial charge >= 0.3 is 0 Å². The number of carbonyl (C=O) groups is 1. The molecule has 1 aromatic rings. The maximum absolute atomic E-state index is 11.6. The Morgan fingerprint density at radius 2 is 1.84 bits per heavy atom. The maximum Gasteiger partial charge on any atom is 0.225 e. The van der Waals surface area contributed by atoms with Crippen molar-refractivity contribution in [1.29, 1.82) is 0 Å². The minimum absolute atomic E-state index is 0. The van der Waals surface area contributed by atoms with Crippen molar-refractivity contribution in [3.05, 3.63) is 16.6 Å². The summed E-state index contributed by atoms with van der Waals surface area (Å²) in [6.07, 6.45) is 0.414. The number of benzene rings is 1. The van der Waals surface area contributed by atoms with Gasteiger partial charge in [-0.1, -0.05) is 0 Å². The van der Waals surface area contributed by atoms with Gasteiger partial charge in [0.1, 0.15) is 0 Å². The molecule has 2 N–H and O–H groups in total. The monoisotopic (exact) mass is 352 g/mol. The van der Waals surface area contributed by atoms with Crippen LogP contribution in [0.1, 0.15) is 6.42 Å². The van der Waals surface area contributed by atoms with Gasteiger partial charge in [-0.25, -0.2) is 0 Å². The molecule has 0 saturated heterocycles. The Morgan fingerprint density at radius 1 is 1.26 bits per heavy atom. The summed E-state index contributed by atoms with van der Waals surface area (Å²) in [4.78, 5) is 11.6. The molecule has 0 radical (unpaired) electrons. The Hall–Kier alpha value is -0.980. The molecule has 0 bridgehead atoms. The van der Waals surface area contributed by atoms with Gasteiger partial charge in [-0.05, 0) is 23.0 Å². The van der Waals surface area contributed by atoms with Crippen molar-refractivity contribution in [2.45, 2.75) is 6.42 Å². The van der Waals surface area contributed by atoms with Crippen LogP contribution in [-0.4, -0.2) is 33.7 Å². The number of anilines is 1. The number of methoxy groups -OCH3 is 2. The van der Waals surface area contributed by atoms with Crippen LogP contribution in [0, 0.1) is 0 Å². The first-order valence-electron chi connectivity index (χ1n) is 5.48. The number of nitrogens with one attached hydrogen (secondary N) is 2. The standard InChI is InChI=1S/C12H17BrN2O3.ClH/c1-14-5-4-12(16)15-9-7-11(18-3)10(17-2)6-8(9)13;/h6-7,14H,4-5H2,1-3H3,(H,15,16);1H. The number of ether oxygens (including phenoxy) is 2. The number of carbonyl (C=O) groups excluding carboxylic acids is 1. The van der Waals surface area contributed by atoms with Crippen LogP contribution in [0.3, 0.4) is 0 Å². The first kappa shape index (κ1) is 18.0. The molecule has 108 valence electrons. The largest absolute Gasteiger partial charge is 0.493 e. The molecule has 0 heterocycles. The van der Waals surface area contributed by atoms with E-state index in [1.807, 2.05) is 0 Å². The van der Waals surface area contributed by atoms with Crippen LogP contribution < -0.4 is 20.1 Å². The van der Waals surface area contributed by atoms with Gasteiger partial charge in [0.2, 0.25) is 5.91 Å². The third-order valence-electron chi connectivity index (χ3n) is 2.35. The Morgan fingerprint density at radius 3 is 2.37 bits per heavy atom. The van der Waals surface area contributed by atoms with E-state index in [-0.39, 0.29) is 18.3 Å². The van der Waals surface area contributed by atoms with E-state index in [2.05, 4.69) is 26.6 Å². The summed E-state index contributed by atoms with van der Waals surface area (Å²) in [5, 5.41) is 5.73. The van der Waals surface area contributed by atoms with E-state index < -0.39 is 0 Å². The zero-order valence-corrected chi connectivity index (χ0v) is 13.5. The second kappa shape index (κ2) is 9.01. The summed E-state index contributed by atoms with van der Waals surface area (Å²) in [5.74, 6) is 1.12. The number of amides is 1. The Balaban J connectivity index is 0.00000324. The number of rotatable bonds is 6. The molecule has 1 amide bonds. The van der Waals surface area contributed by atoms with E-state index in [0.29, 0.717) is 30.2 Å². The highest BCUT2D eigenvalue weighted by atomic mass is 79.9. The molecule has 0 unspecified atom stereocenters. The Labute approximate surface area is 127 Å². The minimum atomic E-state index is -0.0581. The van der Waals surface area contributed by atoms with E-state index >= 15 is 0 Å². The van der Waals surface area contributed by atoms with Crippen molar-refractivity contribution in [1.82, 2.24) is 5.32 Å². The molecular weight excluding hydrogens is 335 g/mol. The second-order valence-corrected chi connectivity index (χ2v) is 4.44. The predicted octanol–water partition coefficient (Wildman–Crippen LogP) is 2.44. The van der Waals surface area contributed by atoms with E-state index in [4.69, 9.17) is 9.47 Å². The van der Waals surface area contributed by atoms with Gasteiger partial charge in [-0.2, -0.15) is 0 Å². The van der Waals surface area contributed by atoms with Crippen LogP contribution in [0.4, 0.5) is 5.69 Å². The lowest BCUT2D eigenvalue weighted by atomic mass is 10.2. The smallest absolute Gasteiger partial charge is 0.225 e. The fraction of sp³-hybridized carbons (Fsp3) is 0.417. The molecule has 0 fully saturated rings. The van der Waals surface area contributed by atoms with E-state index in [0.717, 1.165) is 4.47 Å². The van der Waals surface area contributed by atoms with Gasteiger partial charge in [0.05, 0.1) is 19.9 Å². The highest BCUT2D eigenvalue weighted by Gasteiger charge is 2.11. The highest BCUT2D eigenvalue weighted by Crippen LogP contribution is 2.36. The molecule has 0 aliphatic rings. The average molecular weight is 354 g/mol. The van der Waals surface area contributed by atoms with Crippen LogP contribution in [0.2, 0.25) is 0 Å². The fourth-order valence-corrected chi connectivity index (χ4v) is 1.82. The van der Waals surface area contributed by atoms with Crippen molar-refractivity contribution >= 4 is 39.9 Å². The summed E-state index contributed by atoms with van der Waals surface area (Å²) >= 11 is 3.38. The lowest BCUT2D eigenvalue weighted by Crippen LogP contribution is -2.18. The van der Waals surface area contributed by atoms with Gasteiger partial charge in [0.25, 0.3) is 0 Å². The van der Waals surface area contributed by atoms with Crippen molar-refractivity contribution in [3.63, 3.8) is 0 Å². The molecule has 1 aromatic carbocycles. The molecule has 7 heteroatoms. The van der Waals surface area contributed by atoms with E-state index in [1.165, 1.54) is 0 Å². The summed E-state index contributed by atoms with van der Waals surface area (Å²) in [5.41, 5.74) is 0.661. The molecule has 0 spiro atoms. The lowest BCUT2D eigenvalue weighted by molar-refractivity contribution is -0.116. The quantitative estimate of drug-likeness (QED) is 0.825. The average Bonchev–Trinajstić information content (AvgIpc) is 2.38. The summed E-state index contributed by atoms with van der Waals surface area (Å²) in [6, 6.07) is 3.48. The first-order valence-corrected chi connectivity index (χ1v) is 6.27.